The van der Waals surface area contributed by atoms with Crippen molar-refractivity contribution in [2.24, 2.45) is 0 Å². The summed E-state index contributed by atoms with van der Waals surface area (Å²) in [5.41, 5.74) is 0.697. The van der Waals surface area contributed by atoms with Crippen molar-refractivity contribution in [1.29, 1.82) is 0 Å². The van der Waals surface area contributed by atoms with Crippen LogP contribution in [-0.2, 0) is 14.4 Å². The third kappa shape index (κ3) is 3.19. The average Bonchev–Trinajstić information content (AvgIpc) is 2.95. The highest BCUT2D eigenvalue weighted by Crippen LogP contribution is 2.24. The molecule has 1 atom stereocenters. The van der Waals surface area contributed by atoms with E-state index in [1.54, 1.807) is 43.2 Å². The molecule has 0 bridgehead atoms. The fraction of sp³-hybridized carbons (Fsp3) is 0.412. The number of ether oxygens (including phenoxy) is 1. The van der Waals surface area contributed by atoms with E-state index in [1.165, 1.54) is 4.90 Å². The second kappa shape index (κ2) is 7.03. The molecule has 0 aliphatic carbocycles. The molecule has 0 aromatic heterocycles. The fourth-order valence-corrected chi connectivity index (χ4v) is 3.09. The zero-order valence-electron chi connectivity index (χ0n) is 14.6. The van der Waals surface area contributed by atoms with Gasteiger partial charge in [-0.2, -0.15) is 0 Å². The van der Waals surface area contributed by atoms with Crippen molar-refractivity contribution >= 4 is 29.4 Å². The van der Waals surface area contributed by atoms with Crippen LogP contribution in [0.5, 0.6) is 5.75 Å². The number of carbonyl (C=O) groups excluding carboxylic acids is 4. The molecule has 2 heterocycles. The monoisotopic (exact) mass is 360 g/mol. The highest BCUT2D eigenvalue weighted by atomic mass is 16.5. The number of anilines is 1. The maximum atomic E-state index is 12.7. The lowest BCUT2D eigenvalue weighted by atomic mass is 10.1. The standard InChI is InChI=1S/C17H20N4O5/c1-11-16(24)20(12-4-3-5-13(8-12)26-2)7-6-19(11)15(23)10-21-14(22)9-18-17(21)25/h3-5,8,11H,6-7,9-10H2,1-2H3,(H,18,25)/t11-/m0/s1. The SMILES string of the molecule is COc1cccc(N2CCN(C(=O)CN3C(=O)CNC3=O)[C@@H](C)C2=O)c1. The molecular weight excluding hydrogens is 340 g/mol. The Morgan fingerprint density at radius 1 is 1.27 bits per heavy atom. The van der Waals surface area contributed by atoms with Crippen LogP contribution in [0.2, 0.25) is 0 Å². The summed E-state index contributed by atoms with van der Waals surface area (Å²) in [6.07, 6.45) is 0. The van der Waals surface area contributed by atoms with Gasteiger partial charge in [-0.1, -0.05) is 6.07 Å². The Bertz CT molecular complexity index is 749. The molecule has 26 heavy (non-hydrogen) atoms. The van der Waals surface area contributed by atoms with Gasteiger partial charge in [-0.15, -0.1) is 0 Å². The maximum Gasteiger partial charge on any atom is 0.325 e. The number of hydrogen-bond acceptors (Lipinski definition) is 5. The third-order valence-corrected chi connectivity index (χ3v) is 4.57. The molecule has 0 unspecified atom stereocenters. The van der Waals surface area contributed by atoms with E-state index in [1.807, 2.05) is 0 Å². The molecule has 0 saturated carbocycles. The molecule has 2 saturated heterocycles. The molecule has 9 nitrogen and oxygen atoms in total. The first-order valence-corrected chi connectivity index (χ1v) is 8.25. The van der Waals surface area contributed by atoms with E-state index < -0.39 is 23.9 Å². The first kappa shape index (κ1) is 17.7. The molecule has 2 fully saturated rings. The van der Waals surface area contributed by atoms with E-state index in [0.717, 1.165) is 4.90 Å². The molecule has 0 spiro atoms. The van der Waals surface area contributed by atoms with E-state index >= 15 is 0 Å². The molecule has 1 aromatic rings. The lowest BCUT2D eigenvalue weighted by Gasteiger charge is -2.39. The second-order valence-corrected chi connectivity index (χ2v) is 6.09. The molecule has 2 aliphatic heterocycles. The summed E-state index contributed by atoms with van der Waals surface area (Å²) in [5.74, 6) is -0.464. The first-order valence-electron chi connectivity index (χ1n) is 8.25. The lowest BCUT2D eigenvalue weighted by Crippen LogP contribution is -2.59. The number of nitrogens with one attached hydrogen (secondary N) is 1. The van der Waals surface area contributed by atoms with Crippen molar-refractivity contribution in [1.82, 2.24) is 15.1 Å². The normalized spacial score (nSPS) is 20.5. The van der Waals surface area contributed by atoms with Gasteiger partial charge >= 0.3 is 6.03 Å². The molecule has 138 valence electrons. The van der Waals surface area contributed by atoms with E-state index in [0.29, 0.717) is 24.5 Å². The van der Waals surface area contributed by atoms with Crippen LogP contribution < -0.4 is 15.0 Å². The van der Waals surface area contributed by atoms with Crippen molar-refractivity contribution in [3.8, 4) is 5.75 Å². The third-order valence-electron chi connectivity index (χ3n) is 4.57. The number of hydrogen-bond donors (Lipinski definition) is 1. The molecule has 2 aliphatic rings. The Kier molecular flexibility index (Phi) is 4.79. The summed E-state index contributed by atoms with van der Waals surface area (Å²) in [4.78, 5) is 52.3. The van der Waals surface area contributed by atoms with Crippen LogP contribution in [0.15, 0.2) is 24.3 Å². The smallest absolute Gasteiger partial charge is 0.325 e. The highest BCUT2D eigenvalue weighted by molar-refractivity contribution is 6.05. The Labute approximate surface area is 150 Å². The van der Waals surface area contributed by atoms with Gasteiger partial charge in [-0.25, -0.2) is 4.79 Å². The van der Waals surface area contributed by atoms with E-state index in [2.05, 4.69) is 5.32 Å². The van der Waals surface area contributed by atoms with Crippen molar-refractivity contribution in [2.45, 2.75) is 13.0 Å². The maximum absolute atomic E-state index is 12.7. The van der Waals surface area contributed by atoms with E-state index in [9.17, 15) is 19.2 Å². The quantitative estimate of drug-likeness (QED) is 0.751. The molecule has 1 aromatic carbocycles. The van der Waals surface area contributed by atoms with Gasteiger partial charge in [0.1, 0.15) is 18.3 Å². The summed E-state index contributed by atoms with van der Waals surface area (Å²) < 4.78 is 5.18. The van der Waals surface area contributed by atoms with Gasteiger partial charge < -0.3 is 19.9 Å². The van der Waals surface area contributed by atoms with Gasteiger partial charge in [0.25, 0.3) is 5.91 Å². The summed E-state index contributed by atoms with van der Waals surface area (Å²) >= 11 is 0. The highest BCUT2D eigenvalue weighted by Gasteiger charge is 2.38. The van der Waals surface area contributed by atoms with E-state index in [4.69, 9.17) is 4.74 Å². The van der Waals surface area contributed by atoms with Gasteiger partial charge in [0.05, 0.1) is 13.7 Å². The summed E-state index contributed by atoms with van der Waals surface area (Å²) in [5, 5.41) is 2.37. The van der Waals surface area contributed by atoms with Gasteiger partial charge in [0.15, 0.2) is 0 Å². The number of methoxy groups -OCH3 is 1. The van der Waals surface area contributed by atoms with Crippen molar-refractivity contribution in [3.05, 3.63) is 24.3 Å². The van der Waals surface area contributed by atoms with Crippen molar-refractivity contribution < 1.29 is 23.9 Å². The predicted octanol–water partition coefficient (Wildman–Crippen LogP) is -0.189. The average molecular weight is 360 g/mol. The van der Waals surface area contributed by atoms with Crippen LogP contribution in [-0.4, -0.2) is 72.9 Å². The molecule has 3 rings (SSSR count). The van der Waals surface area contributed by atoms with Crippen LogP contribution in [0, 0.1) is 0 Å². The number of imide groups is 1. The molecule has 1 N–H and O–H groups in total. The molecular formula is C17H20N4O5. The number of carbonyl (C=O) groups is 4. The van der Waals surface area contributed by atoms with Crippen LogP contribution in [0.25, 0.3) is 0 Å². The van der Waals surface area contributed by atoms with Crippen LogP contribution in [0.3, 0.4) is 0 Å². The van der Waals surface area contributed by atoms with Gasteiger partial charge in [0.2, 0.25) is 11.8 Å². The minimum absolute atomic E-state index is 0.107. The van der Waals surface area contributed by atoms with Crippen molar-refractivity contribution in [2.75, 3.05) is 38.2 Å². The summed E-state index contributed by atoms with van der Waals surface area (Å²) in [6.45, 7) is 1.80. The number of urea groups is 1. The molecule has 9 heteroatoms. The molecule has 5 amide bonds. The first-order chi connectivity index (χ1) is 12.4. The predicted molar refractivity (Wildman–Crippen MR) is 91.6 cm³/mol. The summed E-state index contributed by atoms with van der Waals surface area (Å²) in [6, 6.07) is 5.87. The lowest BCUT2D eigenvalue weighted by molar-refractivity contribution is -0.143. The number of piperazine rings is 1. The minimum atomic E-state index is -0.691. The Morgan fingerprint density at radius 3 is 2.69 bits per heavy atom. The van der Waals surface area contributed by atoms with Gasteiger partial charge in [0, 0.05) is 24.8 Å². The Balaban J connectivity index is 1.70. The summed E-state index contributed by atoms with van der Waals surface area (Å²) in [7, 11) is 1.55. The number of benzene rings is 1. The fourth-order valence-electron chi connectivity index (χ4n) is 3.09. The van der Waals surface area contributed by atoms with Crippen LogP contribution in [0.1, 0.15) is 6.92 Å². The zero-order chi connectivity index (χ0) is 18.8. The van der Waals surface area contributed by atoms with Gasteiger partial charge in [-0.3, -0.25) is 19.3 Å². The Hall–Kier alpha value is -3.10. The number of nitrogens with zero attached hydrogens (tertiary/aromatic N) is 3. The Morgan fingerprint density at radius 2 is 2.04 bits per heavy atom. The second-order valence-electron chi connectivity index (χ2n) is 6.09. The topological polar surface area (TPSA) is 99.3 Å². The molecule has 0 radical (unpaired) electrons. The van der Waals surface area contributed by atoms with Crippen molar-refractivity contribution in [3.63, 3.8) is 0 Å². The van der Waals surface area contributed by atoms with Crippen LogP contribution >= 0.6 is 0 Å². The van der Waals surface area contributed by atoms with Crippen LogP contribution in [0.4, 0.5) is 10.5 Å². The number of amides is 5. The largest absolute Gasteiger partial charge is 0.497 e. The zero-order valence-corrected chi connectivity index (χ0v) is 14.6. The van der Waals surface area contributed by atoms with Gasteiger partial charge in [-0.05, 0) is 19.1 Å². The van der Waals surface area contributed by atoms with E-state index in [-0.39, 0.29) is 19.0 Å². The minimum Gasteiger partial charge on any atom is -0.497 e. The number of rotatable bonds is 4.